The molecule has 0 aromatic carbocycles. The van der Waals surface area contributed by atoms with Crippen molar-refractivity contribution in [2.24, 2.45) is 0 Å². The number of hydrogen-bond donors (Lipinski definition) is 0. The van der Waals surface area contributed by atoms with Gasteiger partial charge in [0.05, 0.1) is 12.7 Å². The Morgan fingerprint density at radius 1 is 1.25 bits per heavy atom. The molecule has 0 spiro atoms. The maximum Gasteiger partial charge on any atom is 0.0900 e. The van der Waals surface area contributed by atoms with Crippen molar-refractivity contribution in [2.75, 3.05) is 29.6 Å². The molecule has 1 atom stereocenters. The lowest BCUT2D eigenvalue weighted by Gasteiger charge is -1.99. The third kappa shape index (κ3) is 6.21. The number of thioether (sulfide) groups is 2. The number of epoxide rings is 1. The highest BCUT2D eigenvalue weighted by atomic mass is 32.2. The summed E-state index contributed by atoms with van der Waals surface area (Å²) in [6.45, 7) is 3.24. The largest absolute Gasteiger partial charge is 0.372 e. The molecule has 1 heterocycles. The van der Waals surface area contributed by atoms with Crippen LogP contribution in [0.1, 0.15) is 19.8 Å². The smallest absolute Gasteiger partial charge is 0.0900 e. The van der Waals surface area contributed by atoms with E-state index in [2.05, 4.69) is 18.7 Å². The van der Waals surface area contributed by atoms with Crippen molar-refractivity contribution in [1.29, 1.82) is 0 Å². The van der Waals surface area contributed by atoms with Crippen molar-refractivity contribution in [3.05, 3.63) is 0 Å². The van der Waals surface area contributed by atoms with Crippen LogP contribution in [0.3, 0.4) is 0 Å². The van der Waals surface area contributed by atoms with E-state index < -0.39 is 0 Å². The highest BCUT2D eigenvalue weighted by Crippen LogP contribution is 2.17. The van der Waals surface area contributed by atoms with Gasteiger partial charge in [-0.15, -0.1) is 0 Å². The van der Waals surface area contributed by atoms with E-state index in [0.29, 0.717) is 6.10 Å². The van der Waals surface area contributed by atoms with Gasteiger partial charge in [0.2, 0.25) is 0 Å². The Labute approximate surface area is 84.0 Å². The van der Waals surface area contributed by atoms with Crippen molar-refractivity contribution in [1.82, 2.24) is 0 Å². The second-order valence-corrected chi connectivity index (χ2v) is 5.48. The molecule has 0 aliphatic carbocycles. The fourth-order valence-electron chi connectivity index (χ4n) is 0.932. The van der Waals surface area contributed by atoms with E-state index in [-0.39, 0.29) is 0 Å². The minimum Gasteiger partial charge on any atom is -0.372 e. The summed E-state index contributed by atoms with van der Waals surface area (Å²) in [7, 11) is 0. The fourth-order valence-corrected chi connectivity index (χ4v) is 2.66. The average molecular weight is 206 g/mol. The zero-order chi connectivity index (χ0) is 8.65. The van der Waals surface area contributed by atoms with Crippen LogP contribution in [-0.4, -0.2) is 35.7 Å². The van der Waals surface area contributed by atoms with E-state index in [1.54, 1.807) is 0 Å². The highest BCUT2D eigenvalue weighted by Gasteiger charge is 2.21. The standard InChI is InChI=1S/C9H18OS2/c1-2-11-5-3-4-6-12-8-9-7-10-9/h9H,2-8H2,1H3. The van der Waals surface area contributed by atoms with Gasteiger partial charge < -0.3 is 4.74 Å². The lowest BCUT2D eigenvalue weighted by molar-refractivity contribution is 0.426. The van der Waals surface area contributed by atoms with Crippen LogP contribution in [-0.2, 0) is 4.74 Å². The van der Waals surface area contributed by atoms with Crippen molar-refractivity contribution in [3.63, 3.8) is 0 Å². The number of ether oxygens (including phenoxy) is 1. The van der Waals surface area contributed by atoms with Gasteiger partial charge in [-0.05, 0) is 30.1 Å². The number of rotatable bonds is 8. The van der Waals surface area contributed by atoms with Crippen LogP contribution in [0.4, 0.5) is 0 Å². The maximum atomic E-state index is 5.13. The molecule has 0 aromatic heterocycles. The molecule has 1 aliphatic heterocycles. The highest BCUT2D eigenvalue weighted by molar-refractivity contribution is 7.99. The number of unbranched alkanes of at least 4 members (excludes halogenated alkanes) is 1. The molecule has 12 heavy (non-hydrogen) atoms. The van der Waals surface area contributed by atoms with Gasteiger partial charge in [0, 0.05) is 5.75 Å². The summed E-state index contributed by atoms with van der Waals surface area (Å²) >= 11 is 4.10. The first kappa shape index (κ1) is 10.7. The Morgan fingerprint density at radius 3 is 2.50 bits per heavy atom. The summed E-state index contributed by atoms with van der Waals surface area (Å²) in [4.78, 5) is 0. The molecular weight excluding hydrogens is 188 g/mol. The third-order valence-electron chi connectivity index (χ3n) is 1.74. The van der Waals surface area contributed by atoms with Crippen molar-refractivity contribution in [2.45, 2.75) is 25.9 Å². The van der Waals surface area contributed by atoms with Gasteiger partial charge in [-0.3, -0.25) is 0 Å². The normalized spacial score (nSPS) is 21.2. The first-order chi connectivity index (χ1) is 5.93. The fraction of sp³-hybridized carbons (Fsp3) is 1.00. The van der Waals surface area contributed by atoms with Crippen LogP contribution in [0.5, 0.6) is 0 Å². The second-order valence-electron chi connectivity index (χ2n) is 2.93. The minimum absolute atomic E-state index is 0.611. The third-order valence-corrected chi connectivity index (χ3v) is 3.91. The molecule has 0 saturated carbocycles. The van der Waals surface area contributed by atoms with E-state index in [4.69, 9.17) is 4.74 Å². The predicted octanol–water partition coefficient (Wildman–Crippen LogP) is 2.65. The number of hydrogen-bond acceptors (Lipinski definition) is 3. The lowest BCUT2D eigenvalue weighted by atomic mass is 10.4. The summed E-state index contributed by atoms with van der Waals surface area (Å²) in [5.41, 5.74) is 0. The molecule has 3 heteroatoms. The van der Waals surface area contributed by atoms with Crippen LogP contribution in [0.25, 0.3) is 0 Å². The van der Waals surface area contributed by atoms with Gasteiger partial charge >= 0.3 is 0 Å². The SMILES string of the molecule is CCSCCCCSCC1CO1. The van der Waals surface area contributed by atoms with Crippen LogP contribution in [0.2, 0.25) is 0 Å². The van der Waals surface area contributed by atoms with Crippen LogP contribution in [0, 0.1) is 0 Å². The van der Waals surface area contributed by atoms with Gasteiger partial charge in [0.25, 0.3) is 0 Å². The molecule has 1 saturated heterocycles. The van der Waals surface area contributed by atoms with Crippen LogP contribution in [0.15, 0.2) is 0 Å². The molecule has 72 valence electrons. The summed E-state index contributed by atoms with van der Waals surface area (Å²) in [6, 6.07) is 0. The second kappa shape index (κ2) is 7.10. The van der Waals surface area contributed by atoms with Crippen molar-refractivity contribution in [3.8, 4) is 0 Å². The molecule has 0 bridgehead atoms. The van der Waals surface area contributed by atoms with E-state index >= 15 is 0 Å². The van der Waals surface area contributed by atoms with Gasteiger partial charge in [0.15, 0.2) is 0 Å². The average Bonchev–Trinajstić information content (AvgIpc) is 2.87. The minimum atomic E-state index is 0.611. The van der Waals surface area contributed by atoms with Gasteiger partial charge in [-0.25, -0.2) is 0 Å². The Morgan fingerprint density at radius 2 is 1.92 bits per heavy atom. The Balaban J connectivity index is 1.65. The first-order valence-corrected chi connectivity index (χ1v) is 7.01. The summed E-state index contributed by atoms with van der Waals surface area (Å²) in [5.74, 6) is 5.16. The Hall–Kier alpha value is 0.660. The van der Waals surface area contributed by atoms with Gasteiger partial charge in [-0.2, -0.15) is 23.5 Å². The molecule has 0 radical (unpaired) electrons. The topological polar surface area (TPSA) is 12.5 Å². The van der Waals surface area contributed by atoms with E-state index in [0.717, 1.165) is 6.61 Å². The van der Waals surface area contributed by atoms with Crippen molar-refractivity contribution >= 4 is 23.5 Å². The van der Waals surface area contributed by atoms with Gasteiger partial charge in [-0.1, -0.05) is 6.92 Å². The maximum absolute atomic E-state index is 5.13. The summed E-state index contributed by atoms with van der Waals surface area (Å²) in [5, 5.41) is 0. The van der Waals surface area contributed by atoms with E-state index in [1.165, 1.54) is 35.9 Å². The molecular formula is C9H18OS2. The lowest BCUT2D eigenvalue weighted by Crippen LogP contribution is -1.91. The van der Waals surface area contributed by atoms with E-state index in [9.17, 15) is 0 Å². The molecule has 0 amide bonds. The molecule has 0 N–H and O–H groups in total. The Bertz CT molecular complexity index is 105. The zero-order valence-corrected chi connectivity index (χ0v) is 9.38. The van der Waals surface area contributed by atoms with Crippen LogP contribution < -0.4 is 0 Å². The molecule has 1 nitrogen and oxygen atoms in total. The predicted molar refractivity (Wildman–Crippen MR) is 59.3 cm³/mol. The Kier molecular flexibility index (Phi) is 6.35. The molecule has 0 aromatic rings. The molecule has 1 aliphatic rings. The summed E-state index contributed by atoms with van der Waals surface area (Å²) < 4.78 is 5.13. The molecule has 1 fully saturated rings. The van der Waals surface area contributed by atoms with Crippen molar-refractivity contribution < 1.29 is 4.74 Å². The summed E-state index contributed by atoms with van der Waals surface area (Å²) in [6.07, 6.45) is 3.38. The monoisotopic (exact) mass is 206 g/mol. The molecule has 1 rings (SSSR count). The quantitative estimate of drug-likeness (QED) is 0.447. The molecule has 1 unspecified atom stereocenters. The first-order valence-electron chi connectivity index (χ1n) is 4.70. The zero-order valence-electron chi connectivity index (χ0n) is 7.75. The van der Waals surface area contributed by atoms with Gasteiger partial charge in [0.1, 0.15) is 0 Å². The van der Waals surface area contributed by atoms with Crippen LogP contribution >= 0.6 is 23.5 Å². The van der Waals surface area contributed by atoms with E-state index in [1.807, 2.05) is 11.8 Å².